The molecule has 34 heavy (non-hydrogen) atoms. The standard InChI is InChI=1S/C24H21Cl2N5O2S/c1-13-4-7-17(8-5-13)31-29-20-10-14(2)19(12-21(20)30-31)27-24(34)28-23(32)15(3)33-22-9-6-16(25)11-18(22)26/h4-12,15H,1-3H3,(H2,27,28,32,34). The van der Waals surface area contributed by atoms with Crippen LogP contribution in [0.4, 0.5) is 5.69 Å². The number of halogens is 2. The molecule has 1 unspecified atom stereocenters. The van der Waals surface area contributed by atoms with Gasteiger partial charge in [-0.3, -0.25) is 10.1 Å². The summed E-state index contributed by atoms with van der Waals surface area (Å²) < 4.78 is 5.64. The second-order valence-electron chi connectivity index (χ2n) is 7.76. The van der Waals surface area contributed by atoms with Crippen molar-refractivity contribution in [3.05, 3.63) is 75.8 Å². The van der Waals surface area contributed by atoms with Gasteiger partial charge in [-0.05, 0) is 81.0 Å². The third-order valence-corrected chi connectivity index (χ3v) is 5.78. The average molecular weight is 514 g/mol. The van der Waals surface area contributed by atoms with Crippen LogP contribution in [-0.4, -0.2) is 32.1 Å². The van der Waals surface area contributed by atoms with Crippen molar-refractivity contribution >= 4 is 63.2 Å². The molecule has 0 spiro atoms. The quantitative estimate of drug-likeness (QED) is 0.337. The fourth-order valence-corrected chi connectivity index (χ4v) is 3.84. The van der Waals surface area contributed by atoms with E-state index in [2.05, 4.69) is 20.8 Å². The number of aryl methyl sites for hydroxylation is 2. The Balaban J connectivity index is 1.44. The normalized spacial score (nSPS) is 11.8. The van der Waals surface area contributed by atoms with E-state index in [1.165, 1.54) is 0 Å². The fraction of sp³-hybridized carbons (Fsp3) is 0.167. The van der Waals surface area contributed by atoms with Crippen LogP contribution < -0.4 is 15.4 Å². The number of nitrogens with zero attached hydrogens (tertiary/aromatic N) is 3. The minimum absolute atomic E-state index is 0.135. The topological polar surface area (TPSA) is 81.1 Å². The first-order valence-corrected chi connectivity index (χ1v) is 11.5. The van der Waals surface area contributed by atoms with Crippen molar-refractivity contribution in [1.29, 1.82) is 0 Å². The lowest BCUT2D eigenvalue weighted by molar-refractivity contribution is -0.125. The molecule has 2 N–H and O–H groups in total. The van der Waals surface area contributed by atoms with Crippen molar-refractivity contribution in [2.45, 2.75) is 26.9 Å². The summed E-state index contributed by atoms with van der Waals surface area (Å²) in [6, 6.07) is 16.5. The Morgan fingerprint density at radius 2 is 1.71 bits per heavy atom. The Bertz CT molecular complexity index is 1390. The second-order valence-corrected chi connectivity index (χ2v) is 9.01. The number of fused-ring (bicyclic) bond motifs is 1. The lowest BCUT2D eigenvalue weighted by atomic mass is 10.2. The smallest absolute Gasteiger partial charge is 0.266 e. The molecule has 3 aromatic carbocycles. The molecule has 4 aromatic rings. The summed E-state index contributed by atoms with van der Waals surface area (Å²) in [5.74, 6) is -0.0712. The van der Waals surface area contributed by atoms with E-state index in [0.717, 1.165) is 22.3 Å². The maximum atomic E-state index is 12.5. The number of anilines is 1. The molecule has 1 amide bonds. The highest BCUT2D eigenvalue weighted by molar-refractivity contribution is 7.80. The number of amides is 1. The molecule has 174 valence electrons. The molecule has 0 bridgehead atoms. The number of thiocarbonyl (C=S) groups is 1. The number of benzene rings is 3. The molecular formula is C24H21Cl2N5O2S. The van der Waals surface area contributed by atoms with Gasteiger partial charge in [-0.15, -0.1) is 10.2 Å². The SMILES string of the molecule is Cc1ccc(-n2nc3cc(C)c(NC(=S)NC(=O)C(C)Oc4ccc(Cl)cc4Cl)cc3n2)cc1. The van der Waals surface area contributed by atoms with Gasteiger partial charge >= 0.3 is 0 Å². The summed E-state index contributed by atoms with van der Waals surface area (Å²) in [6.45, 7) is 5.55. The van der Waals surface area contributed by atoms with Crippen molar-refractivity contribution in [1.82, 2.24) is 20.3 Å². The lowest BCUT2D eigenvalue weighted by Crippen LogP contribution is -2.42. The van der Waals surface area contributed by atoms with Crippen LogP contribution in [0.15, 0.2) is 54.6 Å². The molecule has 0 saturated carbocycles. The summed E-state index contributed by atoms with van der Waals surface area (Å²) in [4.78, 5) is 14.1. The molecule has 0 aliphatic carbocycles. The number of carbonyl (C=O) groups is 1. The summed E-state index contributed by atoms with van der Waals surface area (Å²) in [6.07, 6.45) is -0.837. The Hall–Kier alpha value is -3.20. The fourth-order valence-electron chi connectivity index (χ4n) is 3.18. The van der Waals surface area contributed by atoms with Gasteiger partial charge in [0.15, 0.2) is 11.2 Å². The van der Waals surface area contributed by atoms with Gasteiger partial charge in [0.05, 0.1) is 10.7 Å². The maximum Gasteiger partial charge on any atom is 0.266 e. The van der Waals surface area contributed by atoms with E-state index in [1.54, 1.807) is 29.9 Å². The van der Waals surface area contributed by atoms with E-state index in [1.807, 2.05) is 50.2 Å². The second kappa shape index (κ2) is 9.97. The van der Waals surface area contributed by atoms with Crippen molar-refractivity contribution in [3.63, 3.8) is 0 Å². The van der Waals surface area contributed by atoms with Crippen LogP contribution in [0.5, 0.6) is 5.75 Å². The van der Waals surface area contributed by atoms with Crippen LogP contribution in [0.3, 0.4) is 0 Å². The molecular weight excluding hydrogens is 493 g/mol. The van der Waals surface area contributed by atoms with Crippen LogP contribution in [0.2, 0.25) is 10.0 Å². The van der Waals surface area contributed by atoms with Gasteiger partial charge in [0.1, 0.15) is 16.8 Å². The molecule has 0 aliphatic rings. The van der Waals surface area contributed by atoms with Gasteiger partial charge in [0, 0.05) is 10.7 Å². The highest BCUT2D eigenvalue weighted by Gasteiger charge is 2.18. The van der Waals surface area contributed by atoms with Gasteiger partial charge < -0.3 is 10.1 Å². The maximum absolute atomic E-state index is 12.5. The molecule has 0 saturated heterocycles. The number of aromatic nitrogens is 3. The number of hydrogen-bond donors (Lipinski definition) is 2. The molecule has 1 heterocycles. The van der Waals surface area contributed by atoms with Crippen LogP contribution in [0.1, 0.15) is 18.1 Å². The van der Waals surface area contributed by atoms with Gasteiger partial charge in [-0.25, -0.2) is 0 Å². The largest absolute Gasteiger partial charge is 0.479 e. The molecule has 0 aliphatic heterocycles. The van der Waals surface area contributed by atoms with Crippen LogP contribution in [0, 0.1) is 13.8 Å². The summed E-state index contributed by atoms with van der Waals surface area (Å²) >= 11 is 17.3. The number of hydrogen-bond acceptors (Lipinski definition) is 5. The molecule has 7 nitrogen and oxygen atoms in total. The van der Waals surface area contributed by atoms with Gasteiger partial charge in [-0.1, -0.05) is 40.9 Å². The minimum atomic E-state index is -0.837. The molecule has 0 radical (unpaired) electrons. The zero-order valence-electron chi connectivity index (χ0n) is 18.6. The molecule has 10 heteroatoms. The Morgan fingerprint density at radius 1 is 1.03 bits per heavy atom. The Kier molecular flexibility index (Phi) is 7.02. The summed E-state index contributed by atoms with van der Waals surface area (Å²) in [5.41, 5.74) is 5.08. The Labute approximate surface area is 212 Å². The molecule has 1 atom stereocenters. The van der Waals surface area contributed by atoms with Crippen molar-refractivity contribution in [2.75, 3.05) is 5.32 Å². The van der Waals surface area contributed by atoms with Crippen molar-refractivity contribution in [3.8, 4) is 11.4 Å². The van der Waals surface area contributed by atoms with E-state index in [0.29, 0.717) is 27.0 Å². The van der Waals surface area contributed by atoms with Gasteiger partial charge in [-0.2, -0.15) is 4.80 Å². The summed E-state index contributed by atoms with van der Waals surface area (Å²) in [5, 5.41) is 15.7. The highest BCUT2D eigenvalue weighted by Crippen LogP contribution is 2.28. The van der Waals surface area contributed by atoms with E-state index >= 15 is 0 Å². The van der Waals surface area contributed by atoms with Gasteiger partial charge in [0.25, 0.3) is 5.91 Å². The van der Waals surface area contributed by atoms with Crippen LogP contribution >= 0.6 is 35.4 Å². The first-order chi connectivity index (χ1) is 16.2. The molecule has 1 aromatic heterocycles. The third kappa shape index (κ3) is 5.47. The number of carbonyl (C=O) groups excluding carboxylic acids is 1. The zero-order chi connectivity index (χ0) is 24.4. The van der Waals surface area contributed by atoms with Crippen LogP contribution in [-0.2, 0) is 4.79 Å². The highest BCUT2D eigenvalue weighted by atomic mass is 35.5. The number of nitrogens with one attached hydrogen (secondary N) is 2. The predicted molar refractivity (Wildman–Crippen MR) is 139 cm³/mol. The van der Waals surface area contributed by atoms with Gasteiger partial charge in [0.2, 0.25) is 0 Å². The van der Waals surface area contributed by atoms with E-state index in [-0.39, 0.29) is 5.11 Å². The lowest BCUT2D eigenvalue weighted by Gasteiger charge is -2.17. The number of ether oxygens (including phenoxy) is 1. The van der Waals surface area contributed by atoms with Crippen molar-refractivity contribution < 1.29 is 9.53 Å². The Morgan fingerprint density at radius 3 is 2.38 bits per heavy atom. The predicted octanol–water partition coefficient (Wildman–Crippen LogP) is 5.62. The first-order valence-electron chi connectivity index (χ1n) is 10.4. The van der Waals surface area contributed by atoms with E-state index < -0.39 is 12.0 Å². The minimum Gasteiger partial charge on any atom is -0.479 e. The monoisotopic (exact) mass is 513 g/mol. The van der Waals surface area contributed by atoms with E-state index in [9.17, 15) is 4.79 Å². The third-order valence-electron chi connectivity index (χ3n) is 5.04. The first kappa shape index (κ1) is 23.9. The molecule has 4 rings (SSSR count). The average Bonchev–Trinajstić information content (AvgIpc) is 3.18. The molecule has 0 fully saturated rings. The van der Waals surface area contributed by atoms with Crippen LogP contribution in [0.25, 0.3) is 16.7 Å². The van der Waals surface area contributed by atoms with Crippen molar-refractivity contribution in [2.24, 2.45) is 0 Å². The number of rotatable bonds is 5. The summed E-state index contributed by atoms with van der Waals surface area (Å²) in [7, 11) is 0. The zero-order valence-corrected chi connectivity index (χ0v) is 20.9. The van der Waals surface area contributed by atoms with E-state index in [4.69, 9.17) is 40.2 Å².